The average Bonchev–Trinajstić information content (AvgIpc) is 2.88. The second-order valence-corrected chi connectivity index (χ2v) is 7.15. The number of rotatable bonds is 7. The van der Waals surface area contributed by atoms with E-state index in [1.54, 1.807) is 7.05 Å². The van der Waals surface area contributed by atoms with Crippen LogP contribution in [0.2, 0.25) is 0 Å². The fourth-order valence-electron chi connectivity index (χ4n) is 3.18. The van der Waals surface area contributed by atoms with Gasteiger partial charge < -0.3 is 16.0 Å². The molecule has 2 rings (SSSR count). The number of hydrogen-bond donors (Lipinski definition) is 3. The maximum Gasteiger partial charge on any atom is 0.221 e. The van der Waals surface area contributed by atoms with Crippen LogP contribution in [-0.4, -0.2) is 41.3 Å². The monoisotopic (exact) mass is 384 g/mol. The highest BCUT2D eigenvalue weighted by Crippen LogP contribution is 2.14. The Morgan fingerprint density at radius 2 is 1.93 bits per heavy atom. The normalized spacial score (nSPS) is 12.6. The molecule has 3 N–H and O–H groups in total. The van der Waals surface area contributed by atoms with Gasteiger partial charge in [-0.05, 0) is 56.9 Å². The first-order valence-corrected chi connectivity index (χ1v) is 9.63. The summed E-state index contributed by atoms with van der Waals surface area (Å²) in [4.78, 5) is 15.4. The number of benzene rings is 1. The summed E-state index contributed by atoms with van der Waals surface area (Å²) >= 11 is 0. The smallest absolute Gasteiger partial charge is 0.221 e. The number of anilines is 1. The minimum Gasteiger partial charge on any atom is -0.356 e. The summed E-state index contributed by atoms with van der Waals surface area (Å²) < 4.78 is 1.93. The van der Waals surface area contributed by atoms with Crippen molar-refractivity contribution in [2.45, 2.75) is 46.6 Å². The molecule has 0 aliphatic heterocycles. The number of hydrogen-bond acceptors (Lipinski definition) is 3. The Kier molecular flexibility index (Phi) is 7.61. The Balaban J connectivity index is 1.81. The summed E-state index contributed by atoms with van der Waals surface area (Å²) in [6, 6.07) is 8.14. The van der Waals surface area contributed by atoms with Crippen molar-refractivity contribution >= 4 is 17.6 Å². The molecule has 0 spiro atoms. The fourth-order valence-corrected chi connectivity index (χ4v) is 3.18. The number of aliphatic imine (C=N–C) groups is 1. The van der Waals surface area contributed by atoms with Gasteiger partial charge in [-0.2, -0.15) is 5.10 Å². The zero-order chi connectivity index (χ0) is 20.7. The van der Waals surface area contributed by atoms with E-state index in [1.165, 1.54) is 23.7 Å². The van der Waals surface area contributed by atoms with Gasteiger partial charge in [-0.3, -0.25) is 14.5 Å². The molecule has 28 heavy (non-hydrogen) atoms. The second-order valence-electron chi connectivity index (χ2n) is 7.15. The molecule has 0 aliphatic carbocycles. The molecular formula is C21H32N6O. The van der Waals surface area contributed by atoms with E-state index in [9.17, 15) is 4.79 Å². The van der Waals surface area contributed by atoms with Gasteiger partial charge in [-0.15, -0.1) is 0 Å². The van der Waals surface area contributed by atoms with Gasteiger partial charge >= 0.3 is 0 Å². The highest BCUT2D eigenvalue weighted by Gasteiger charge is 2.13. The van der Waals surface area contributed by atoms with Gasteiger partial charge in [-0.1, -0.05) is 12.1 Å². The lowest BCUT2D eigenvalue weighted by molar-refractivity contribution is -0.114. The molecule has 0 fully saturated rings. The molecule has 1 aromatic heterocycles. The minimum atomic E-state index is -0.0601. The molecule has 7 nitrogen and oxygen atoms in total. The first kappa shape index (κ1) is 21.5. The Bertz CT molecular complexity index is 822. The molecule has 2 aromatic rings. The number of carbonyl (C=O) groups excluding carboxylic acids is 1. The van der Waals surface area contributed by atoms with Gasteiger partial charge in [0, 0.05) is 45.0 Å². The summed E-state index contributed by atoms with van der Waals surface area (Å²) in [7, 11) is 3.76. The largest absolute Gasteiger partial charge is 0.356 e. The third-order valence-corrected chi connectivity index (χ3v) is 4.76. The standard InChI is InChI=1S/C21H32N6O/c1-14(13-20-15(2)26-27(6)16(20)3)24-21(22-5)23-12-11-18-7-9-19(10-8-18)25-17(4)28/h7-10,14H,11-13H2,1-6H3,(H,25,28)(H2,22,23,24). The molecule has 152 valence electrons. The number of nitrogens with one attached hydrogen (secondary N) is 3. The Hall–Kier alpha value is -2.83. The van der Waals surface area contributed by atoms with Crippen LogP contribution in [0.1, 0.15) is 36.4 Å². The molecular weight excluding hydrogens is 352 g/mol. The second kappa shape index (κ2) is 9.92. The van der Waals surface area contributed by atoms with E-state index in [-0.39, 0.29) is 11.9 Å². The molecule has 7 heteroatoms. The predicted molar refractivity (Wildman–Crippen MR) is 115 cm³/mol. The van der Waals surface area contributed by atoms with Crippen molar-refractivity contribution < 1.29 is 4.79 Å². The van der Waals surface area contributed by atoms with Crippen LogP contribution in [0, 0.1) is 13.8 Å². The summed E-state index contributed by atoms with van der Waals surface area (Å²) in [5.74, 6) is 0.733. The van der Waals surface area contributed by atoms with E-state index in [4.69, 9.17) is 0 Å². The van der Waals surface area contributed by atoms with Crippen LogP contribution < -0.4 is 16.0 Å². The summed E-state index contributed by atoms with van der Waals surface area (Å²) in [5, 5.41) is 14.1. The van der Waals surface area contributed by atoms with Gasteiger partial charge in [0.15, 0.2) is 5.96 Å². The van der Waals surface area contributed by atoms with Crippen LogP contribution in [-0.2, 0) is 24.7 Å². The van der Waals surface area contributed by atoms with Crippen LogP contribution in [0.3, 0.4) is 0 Å². The molecule has 1 heterocycles. The number of aryl methyl sites for hydroxylation is 2. The van der Waals surface area contributed by atoms with Crippen molar-refractivity contribution in [1.29, 1.82) is 0 Å². The van der Waals surface area contributed by atoms with Crippen molar-refractivity contribution in [2.24, 2.45) is 12.0 Å². The molecule has 0 saturated heterocycles. The zero-order valence-corrected chi connectivity index (χ0v) is 17.8. The van der Waals surface area contributed by atoms with Crippen LogP contribution in [0.25, 0.3) is 0 Å². The Morgan fingerprint density at radius 1 is 1.25 bits per heavy atom. The molecule has 1 amide bonds. The summed E-state index contributed by atoms with van der Waals surface area (Å²) in [6.07, 6.45) is 1.77. The first-order chi connectivity index (χ1) is 13.3. The summed E-state index contributed by atoms with van der Waals surface area (Å²) in [5.41, 5.74) is 5.59. The van der Waals surface area contributed by atoms with E-state index < -0.39 is 0 Å². The fraction of sp³-hybridized carbons (Fsp3) is 0.476. The molecule has 1 atom stereocenters. The number of guanidine groups is 1. The average molecular weight is 385 g/mol. The highest BCUT2D eigenvalue weighted by atomic mass is 16.1. The SMILES string of the molecule is CN=C(NCCc1ccc(NC(C)=O)cc1)NC(C)Cc1c(C)nn(C)c1C. The maximum absolute atomic E-state index is 11.1. The van der Waals surface area contributed by atoms with E-state index in [0.717, 1.165) is 36.7 Å². The van der Waals surface area contributed by atoms with Gasteiger partial charge in [0.05, 0.1) is 5.69 Å². The Morgan fingerprint density at radius 3 is 2.46 bits per heavy atom. The van der Waals surface area contributed by atoms with Crippen molar-refractivity contribution in [1.82, 2.24) is 20.4 Å². The molecule has 1 unspecified atom stereocenters. The van der Waals surface area contributed by atoms with Crippen molar-refractivity contribution in [2.75, 3.05) is 18.9 Å². The third kappa shape index (κ3) is 6.11. The van der Waals surface area contributed by atoms with Crippen molar-refractivity contribution in [3.8, 4) is 0 Å². The number of aromatic nitrogens is 2. The molecule has 0 aliphatic rings. The number of amides is 1. The zero-order valence-electron chi connectivity index (χ0n) is 17.8. The maximum atomic E-state index is 11.1. The van der Waals surface area contributed by atoms with E-state index in [0.29, 0.717) is 0 Å². The lowest BCUT2D eigenvalue weighted by atomic mass is 10.1. The van der Waals surface area contributed by atoms with Crippen LogP contribution in [0.5, 0.6) is 0 Å². The number of nitrogens with zero attached hydrogens (tertiary/aromatic N) is 3. The van der Waals surface area contributed by atoms with E-state index in [1.807, 2.05) is 36.0 Å². The number of carbonyl (C=O) groups is 1. The quantitative estimate of drug-likeness (QED) is 0.505. The van der Waals surface area contributed by atoms with Gasteiger partial charge in [0.2, 0.25) is 5.91 Å². The van der Waals surface area contributed by atoms with Crippen molar-refractivity contribution in [3.05, 3.63) is 46.8 Å². The van der Waals surface area contributed by atoms with Crippen LogP contribution >= 0.6 is 0 Å². The van der Waals surface area contributed by atoms with Crippen LogP contribution in [0.4, 0.5) is 5.69 Å². The first-order valence-electron chi connectivity index (χ1n) is 9.63. The van der Waals surface area contributed by atoms with E-state index in [2.05, 4.69) is 46.8 Å². The predicted octanol–water partition coefficient (Wildman–Crippen LogP) is 2.33. The topological polar surface area (TPSA) is 83.3 Å². The summed E-state index contributed by atoms with van der Waals surface area (Å²) in [6.45, 7) is 8.59. The van der Waals surface area contributed by atoms with E-state index >= 15 is 0 Å². The van der Waals surface area contributed by atoms with Gasteiger partial charge in [-0.25, -0.2) is 0 Å². The lowest BCUT2D eigenvalue weighted by Crippen LogP contribution is -2.43. The van der Waals surface area contributed by atoms with Gasteiger partial charge in [0.1, 0.15) is 0 Å². The van der Waals surface area contributed by atoms with Crippen molar-refractivity contribution in [3.63, 3.8) is 0 Å². The molecule has 1 aromatic carbocycles. The Labute approximate surface area is 167 Å². The molecule has 0 saturated carbocycles. The highest BCUT2D eigenvalue weighted by molar-refractivity contribution is 5.88. The van der Waals surface area contributed by atoms with Crippen LogP contribution in [0.15, 0.2) is 29.3 Å². The molecule has 0 radical (unpaired) electrons. The third-order valence-electron chi connectivity index (χ3n) is 4.76. The van der Waals surface area contributed by atoms with Gasteiger partial charge in [0.25, 0.3) is 0 Å². The lowest BCUT2D eigenvalue weighted by Gasteiger charge is -2.18. The minimum absolute atomic E-state index is 0.0601. The molecule has 0 bridgehead atoms.